The van der Waals surface area contributed by atoms with E-state index in [0.29, 0.717) is 28.6 Å². The summed E-state index contributed by atoms with van der Waals surface area (Å²) in [7, 11) is 0. The van der Waals surface area contributed by atoms with Gasteiger partial charge >= 0.3 is 0 Å². The zero-order valence-electron chi connectivity index (χ0n) is 11.1. The normalized spacial score (nSPS) is 12.2. The summed E-state index contributed by atoms with van der Waals surface area (Å²) in [5, 5.41) is 3.25. The van der Waals surface area contributed by atoms with E-state index in [2.05, 4.69) is 5.32 Å². The summed E-state index contributed by atoms with van der Waals surface area (Å²) < 4.78 is 10.5. The average Bonchev–Trinajstić information content (AvgIpc) is 2.95. The fourth-order valence-corrected chi connectivity index (χ4v) is 2.14. The topological polar surface area (TPSA) is 73.6 Å². The number of hydrogen-bond acceptors (Lipinski definition) is 4. The summed E-state index contributed by atoms with van der Waals surface area (Å²) in [6.45, 7) is 0.618. The van der Waals surface area contributed by atoms with E-state index < -0.39 is 0 Å². The summed E-state index contributed by atoms with van der Waals surface area (Å²) >= 11 is 5.83. The van der Waals surface area contributed by atoms with Crippen molar-refractivity contribution in [1.29, 1.82) is 0 Å². The van der Waals surface area contributed by atoms with Gasteiger partial charge in [-0.1, -0.05) is 17.7 Å². The standard InChI is InChI=1S/C15H13ClN2O3/c16-11-3-2-10(6-12(11)17)15(19)18-7-9-1-4-13-14(5-9)21-8-20-13/h1-6H,7-8,17H2,(H,18,19). The fourth-order valence-electron chi connectivity index (χ4n) is 2.02. The number of fused-ring (bicyclic) bond motifs is 1. The number of nitrogen functional groups attached to an aromatic ring is 1. The molecule has 108 valence electrons. The number of benzene rings is 2. The molecule has 1 heterocycles. The van der Waals surface area contributed by atoms with Crippen LogP contribution in [0.5, 0.6) is 11.5 Å². The van der Waals surface area contributed by atoms with E-state index in [-0.39, 0.29) is 12.7 Å². The quantitative estimate of drug-likeness (QED) is 0.855. The van der Waals surface area contributed by atoms with Gasteiger partial charge in [-0.2, -0.15) is 0 Å². The van der Waals surface area contributed by atoms with Crippen LogP contribution in [0.4, 0.5) is 5.69 Å². The Balaban J connectivity index is 1.67. The van der Waals surface area contributed by atoms with Crippen molar-refractivity contribution in [1.82, 2.24) is 5.32 Å². The maximum Gasteiger partial charge on any atom is 0.251 e. The highest BCUT2D eigenvalue weighted by atomic mass is 35.5. The van der Waals surface area contributed by atoms with Crippen LogP contribution in [-0.2, 0) is 6.54 Å². The summed E-state index contributed by atoms with van der Waals surface area (Å²) in [6.07, 6.45) is 0. The Morgan fingerprint density at radius 1 is 1.19 bits per heavy atom. The lowest BCUT2D eigenvalue weighted by atomic mass is 10.1. The van der Waals surface area contributed by atoms with Crippen molar-refractivity contribution in [2.45, 2.75) is 6.54 Å². The highest BCUT2D eigenvalue weighted by molar-refractivity contribution is 6.33. The smallest absolute Gasteiger partial charge is 0.251 e. The van der Waals surface area contributed by atoms with Gasteiger partial charge in [0.2, 0.25) is 6.79 Å². The number of ether oxygens (including phenoxy) is 2. The van der Waals surface area contributed by atoms with Gasteiger partial charge < -0.3 is 20.5 Å². The molecule has 21 heavy (non-hydrogen) atoms. The number of nitrogens with one attached hydrogen (secondary N) is 1. The van der Waals surface area contributed by atoms with E-state index in [0.717, 1.165) is 11.3 Å². The number of anilines is 1. The molecular formula is C15H13ClN2O3. The summed E-state index contributed by atoms with van der Waals surface area (Å²) in [5.41, 5.74) is 7.46. The Morgan fingerprint density at radius 2 is 2.00 bits per heavy atom. The zero-order valence-corrected chi connectivity index (χ0v) is 11.8. The summed E-state index contributed by atoms with van der Waals surface area (Å²) in [5.74, 6) is 1.20. The number of halogens is 1. The van der Waals surface area contributed by atoms with Crippen LogP contribution in [0.2, 0.25) is 5.02 Å². The van der Waals surface area contributed by atoms with E-state index in [1.165, 1.54) is 0 Å². The second-order valence-electron chi connectivity index (χ2n) is 4.61. The molecule has 6 heteroatoms. The van der Waals surface area contributed by atoms with Crippen LogP contribution in [0.25, 0.3) is 0 Å². The molecule has 2 aromatic rings. The van der Waals surface area contributed by atoms with Gasteiger partial charge in [-0.3, -0.25) is 4.79 Å². The van der Waals surface area contributed by atoms with Crippen molar-refractivity contribution in [2.24, 2.45) is 0 Å². The van der Waals surface area contributed by atoms with Gasteiger partial charge in [-0.15, -0.1) is 0 Å². The molecule has 2 aromatic carbocycles. The van der Waals surface area contributed by atoms with Crippen LogP contribution in [0.1, 0.15) is 15.9 Å². The highest BCUT2D eigenvalue weighted by Crippen LogP contribution is 2.32. The number of hydrogen-bond donors (Lipinski definition) is 2. The van der Waals surface area contributed by atoms with Gasteiger partial charge in [-0.25, -0.2) is 0 Å². The molecule has 0 unspecified atom stereocenters. The van der Waals surface area contributed by atoms with E-state index in [4.69, 9.17) is 26.8 Å². The van der Waals surface area contributed by atoms with Crippen molar-refractivity contribution in [3.8, 4) is 11.5 Å². The number of nitrogens with two attached hydrogens (primary N) is 1. The van der Waals surface area contributed by atoms with Gasteiger partial charge in [-0.05, 0) is 35.9 Å². The molecule has 5 nitrogen and oxygen atoms in total. The molecule has 0 bridgehead atoms. The Labute approximate surface area is 126 Å². The number of carbonyl (C=O) groups excluding carboxylic acids is 1. The highest BCUT2D eigenvalue weighted by Gasteiger charge is 2.13. The first-order valence-electron chi connectivity index (χ1n) is 6.35. The molecule has 0 spiro atoms. The minimum absolute atomic E-state index is 0.212. The molecule has 3 N–H and O–H groups in total. The summed E-state index contributed by atoms with van der Waals surface area (Å²) in [4.78, 5) is 12.0. The third-order valence-electron chi connectivity index (χ3n) is 3.15. The molecule has 1 amide bonds. The van der Waals surface area contributed by atoms with Gasteiger partial charge in [0.05, 0.1) is 10.7 Å². The van der Waals surface area contributed by atoms with Crippen molar-refractivity contribution in [3.05, 3.63) is 52.5 Å². The van der Waals surface area contributed by atoms with Gasteiger partial charge in [0, 0.05) is 12.1 Å². The fraction of sp³-hybridized carbons (Fsp3) is 0.133. The van der Waals surface area contributed by atoms with Crippen molar-refractivity contribution in [2.75, 3.05) is 12.5 Å². The molecule has 3 rings (SSSR count). The largest absolute Gasteiger partial charge is 0.454 e. The Hall–Kier alpha value is -2.40. The van der Waals surface area contributed by atoms with E-state index >= 15 is 0 Å². The van der Waals surface area contributed by atoms with E-state index in [9.17, 15) is 4.79 Å². The van der Waals surface area contributed by atoms with Crippen LogP contribution in [0.15, 0.2) is 36.4 Å². The first kappa shape index (κ1) is 13.6. The minimum atomic E-state index is -0.212. The maximum absolute atomic E-state index is 12.0. The minimum Gasteiger partial charge on any atom is -0.454 e. The summed E-state index contributed by atoms with van der Waals surface area (Å²) in [6, 6.07) is 10.3. The Kier molecular flexibility index (Phi) is 3.58. The molecule has 0 radical (unpaired) electrons. The van der Waals surface area contributed by atoms with Crippen LogP contribution < -0.4 is 20.5 Å². The first-order valence-corrected chi connectivity index (χ1v) is 6.73. The lowest BCUT2D eigenvalue weighted by Gasteiger charge is -2.07. The second kappa shape index (κ2) is 5.54. The second-order valence-corrected chi connectivity index (χ2v) is 5.01. The molecule has 0 atom stereocenters. The van der Waals surface area contributed by atoms with E-state index in [1.807, 2.05) is 18.2 Å². The van der Waals surface area contributed by atoms with Gasteiger partial charge in [0.1, 0.15) is 0 Å². The molecule has 1 aliphatic rings. The van der Waals surface area contributed by atoms with Crippen molar-refractivity contribution in [3.63, 3.8) is 0 Å². The number of rotatable bonds is 3. The predicted molar refractivity (Wildman–Crippen MR) is 79.6 cm³/mol. The predicted octanol–water partition coefficient (Wildman–Crippen LogP) is 2.58. The molecule has 0 saturated carbocycles. The maximum atomic E-state index is 12.0. The lowest BCUT2D eigenvalue weighted by molar-refractivity contribution is 0.0951. The Bertz CT molecular complexity index is 703. The molecular weight excluding hydrogens is 292 g/mol. The van der Waals surface area contributed by atoms with Crippen molar-refractivity contribution < 1.29 is 14.3 Å². The number of carbonyl (C=O) groups is 1. The zero-order chi connectivity index (χ0) is 14.8. The van der Waals surface area contributed by atoms with Gasteiger partial charge in [0.15, 0.2) is 11.5 Å². The molecule has 0 fully saturated rings. The lowest BCUT2D eigenvalue weighted by Crippen LogP contribution is -2.22. The van der Waals surface area contributed by atoms with Crippen LogP contribution in [-0.4, -0.2) is 12.7 Å². The van der Waals surface area contributed by atoms with Gasteiger partial charge in [0.25, 0.3) is 5.91 Å². The SMILES string of the molecule is Nc1cc(C(=O)NCc2ccc3c(c2)OCO3)ccc1Cl. The molecule has 0 aromatic heterocycles. The van der Waals surface area contributed by atoms with Crippen molar-refractivity contribution >= 4 is 23.2 Å². The monoisotopic (exact) mass is 304 g/mol. The molecule has 0 saturated heterocycles. The molecule has 0 aliphatic carbocycles. The van der Waals surface area contributed by atoms with Crippen LogP contribution in [0, 0.1) is 0 Å². The van der Waals surface area contributed by atoms with Crippen LogP contribution >= 0.6 is 11.6 Å². The van der Waals surface area contributed by atoms with E-state index in [1.54, 1.807) is 18.2 Å². The number of amides is 1. The average molecular weight is 305 g/mol. The van der Waals surface area contributed by atoms with Crippen LogP contribution in [0.3, 0.4) is 0 Å². The Morgan fingerprint density at radius 3 is 2.81 bits per heavy atom. The first-order chi connectivity index (χ1) is 10.1. The third kappa shape index (κ3) is 2.87. The molecule has 1 aliphatic heterocycles. The third-order valence-corrected chi connectivity index (χ3v) is 3.49.